The van der Waals surface area contributed by atoms with Crippen molar-refractivity contribution in [2.75, 3.05) is 12.4 Å². The molecule has 1 fully saturated rings. The van der Waals surface area contributed by atoms with Crippen molar-refractivity contribution in [1.82, 2.24) is 0 Å². The zero-order valence-electron chi connectivity index (χ0n) is 12.4. The lowest BCUT2D eigenvalue weighted by molar-refractivity contribution is -0.143. The van der Waals surface area contributed by atoms with Crippen molar-refractivity contribution >= 4 is 16.8 Å². The topological polar surface area (TPSA) is 43.4 Å². The second-order valence-corrected chi connectivity index (χ2v) is 7.43. The molecule has 4 heteroatoms. The lowest BCUT2D eigenvalue weighted by atomic mass is 9.91. The summed E-state index contributed by atoms with van der Waals surface area (Å²) >= 11 is 0. The van der Waals surface area contributed by atoms with Crippen LogP contribution in [0.2, 0.25) is 0 Å². The number of esters is 1. The first-order valence-corrected chi connectivity index (χ1v) is 9.04. The van der Waals surface area contributed by atoms with Crippen LogP contribution in [0.25, 0.3) is 0 Å². The maximum Gasteiger partial charge on any atom is 0.305 e. The van der Waals surface area contributed by atoms with Gasteiger partial charge in [-0.15, -0.1) is 0 Å². The van der Waals surface area contributed by atoms with Gasteiger partial charge in [-0.05, 0) is 38.5 Å². The molecule has 1 aliphatic carbocycles. The summed E-state index contributed by atoms with van der Waals surface area (Å²) in [5, 5.41) is 0.425. The van der Waals surface area contributed by atoms with E-state index in [0.29, 0.717) is 18.3 Å². The summed E-state index contributed by atoms with van der Waals surface area (Å²) in [4.78, 5) is 11.1. The summed E-state index contributed by atoms with van der Waals surface area (Å²) in [6.07, 6.45) is 8.12. The number of hydrogen-bond donors (Lipinski definition) is 0. The molecule has 0 aromatic rings. The largest absolute Gasteiger partial charge is 0.466 e. The minimum atomic E-state index is -0.661. The molecule has 3 unspecified atom stereocenters. The van der Waals surface area contributed by atoms with E-state index in [2.05, 4.69) is 6.92 Å². The molecule has 0 radical (unpaired) electrons. The molecule has 1 rings (SSSR count). The van der Waals surface area contributed by atoms with Crippen LogP contribution in [-0.2, 0) is 20.3 Å². The molecular weight excluding hydrogens is 260 g/mol. The molecule has 3 atom stereocenters. The molecular formula is C15H28O3S. The Labute approximate surface area is 119 Å². The van der Waals surface area contributed by atoms with Gasteiger partial charge in [0.05, 0.1) is 6.61 Å². The average Bonchev–Trinajstić information content (AvgIpc) is 2.38. The van der Waals surface area contributed by atoms with E-state index in [0.717, 1.165) is 43.8 Å². The van der Waals surface area contributed by atoms with Crippen molar-refractivity contribution < 1.29 is 13.7 Å². The van der Waals surface area contributed by atoms with Gasteiger partial charge >= 0.3 is 5.97 Å². The molecule has 112 valence electrons. The Morgan fingerprint density at radius 1 is 1.26 bits per heavy atom. The van der Waals surface area contributed by atoms with E-state index in [1.54, 1.807) is 0 Å². The first-order valence-electron chi connectivity index (χ1n) is 7.66. The van der Waals surface area contributed by atoms with Crippen LogP contribution in [0.3, 0.4) is 0 Å². The van der Waals surface area contributed by atoms with Crippen molar-refractivity contribution in [3.8, 4) is 0 Å². The number of rotatable bonds is 8. The Bertz CT molecular complexity index is 291. The zero-order valence-corrected chi connectivity index (χ0v) is 13.2. The normalized spacial score (nSPS) is 24.9. The van der Waals surface area contributed by atoms with Crippen molar-refractivity contribution in [2.24, 2.45) is 5.92 Å². The van der Waals surface area contributed by atoms with Crippen LogP contribution in [0.1, 0.15) is 65.2 Å². The van der Waals surface area contributed by atoms with E-state index < -0.39 is 10.8 Å². The highest BCUT2D eigenvalue weighted by atomic mass is 32.2. The number of hydrogen-bond acceptors (Lipinski definition) is 3. The molecule has 1 aliphatic rings. The van der Waals surface area contributed by atoms with Gasteiger partial charge in [0, 0.05) is 28.2 Å². The summed E-state index contributed by atoms with van der Waals surface area (Å²) < 4.78 is 17.0. The summed E-state index contributed by atoms with van der Waals surface area (Å²) in [5.74, 6) is 1.44. The van der Waals surface area contributed by atoms with Crippen molar-refractivity contribution in [2.45, 2.75) is 70.5 Å². The molecule has 0 heterocycles. The van der Waals surface area contributed by atoms with Crippen LogP contribution in [0, 0.1) is 5.92 Å². The summed E-state index contributed by atoms with van der Waals surface area (Å²) in [5.41, 5.74) is 0. The van der Waals surface area contributed by atoms with E-state index in [1.165, 1.54) is 12.8 Å². The second kappa shape index (κ2) is 9.51. The third kappa shape index (κ3) is 7.09. The molecule has 0 aliphatic heterocycles. The fraction of sp³-hybridized carbons (Fsp3) is 0.933. The monoisotopic (exact) mass is 288 g/mol. The molecule has 0 amide bonds. The number of unbranched alkanes of at least 4 members (excludes halogenated alkanes) is 2. The highest BCUT2D eigenvalue weighted by Gasteiger charge is 2.23. The lowest BCUT2D eigenvalue weighted by Gasteiger charge is -2.26. The predicted octanol–water partition coefficient (Wildman–Crippen LogP) is 3.44. The molecule has 0 aromatic carbocycles. The van der Waals surface area contributed by atoms with E-state index in [9.17, 15) is 9.00 Å². The molecule has 0 saturated heterocycles. The van der Waals surface area contributed by atoms with E-state index in [-0.39, 0.29) is 5.97 Å². The van der Waals surface area contributed by atoms with Gasteiger partial charge < -0.3 is 4.74 Å². The van der Waals surface area contributed by atoms with Crippen LogP contribution in [0.5, 0.6) is 0 Å². The third-order valence-corrected chi connectivity index (χ3v) is 5.65. The van der Waals surface area contributed by atoms with Gasteiger partial charge in [-0.3, -0.25) is 9.00 Å². The molecule has 0 aromatic heterocycles. The van der Waals surface area contributed by atoms with Gasteiger partial charge in [0.1, 0.15) is 0 Å². The maximum atomic E-state index is 12.2. The molecule has 3 nitrogen and oxygen atoms in total. The number of carbonyl (C=O) groups excluding carboxylic acids is 1. The van der Waals surface area contributed by atoms with Crippen LogP contribution < -0.4 is 0 Å². The summed E-state index contributed by atoms with van der Waals surface area (Å²) in [7, 11) is -0.661. The first kappa shape index (κ1) is 16.7. The Morgan fingerprint density at radius 3 is 2.74 bits per heavy atom. The van der Waals surface area contributed by atoms with Gasteiger partial charge in [0.15, 0.2) is 0 Å². The zero-order chi connectivity index (χ0) is 14.1. The Balaban J connectivity index is 2.05. The van der Waals surface area contributed by atoms with E-state index in [4.69, 9.17) is 4.74 Å². The van der Waals surface area contributed by atoms with Crippen molar-refractivity contribution in [1.29, 1.82) is 0 Å². The third-order valence-electron chi connectivity index (χ3n) is 3.79. The highest BCUT2D eigenvalue weighted by Crippen LogP contribution is 2.27. The molecule has 19 heavy (non-hydrogen) atoms. The minimum absolute atomic E-state index is 0.107. The van der Waals surface area contributed by atoms with Crippen LogP contribution in [0.15, 0.2) is 0 Å². The summed E-state index contributed by atoms with van der Waals surface area (Å²) in [6.45, 7) is 4.55. The molecule has 0 bridgehead atoms. The van der Waals surface area contributed by atoms with Gasteiger partial charge in [-0.2, -0.15) is 0 Å². The van der Waals surface area contributed by atoms with E-state index >= 15 is 0 Å². The Kier molecular flexibility index (Phi) is 8.35. The van der Waals surface area contributed by atoms with Crippen molar-refractivity contribution in [3.63, 3.8) is 0 Å². The molecule has 0 spiro atoms. The maximum absolute atomic E-state index is 12.2. The summed E-state index contributed by atoms with van der Waals surface area (Å²) in [6, 6.07) is 0. The van der Waals surface area contributed by atoms with Crippen LogP contribution in [0.4, 0.5) is 0 Å². The van der Waals surface area contributed by atoms with Gasteiger partial charge in [0.25, 0.3) is 0 Å². The number of carbonyl (C=O) groups is 1. The average molecular weight is 288 g/mol. The minimum Gasteiger partial charge on any atom is -0.466 e. The highest BCUT2D eigenvalue weighted by molar-refractivity contribution is 7.85. The SMILES string of the molecule is CCOC(=O)CCCCCS(=O)C1CCCC(C)C1. The van der Waals surface area contributed by atoms with Gasteiger partial charge in [-0.25, -0.2) is 0 Å². The Morgan fingerprint density at radius 2 is 2.05 bits per heavy atom. The Hall–Kier alpha value is -0.380. The van der Waals surface area contributed by atoms with E-state index in [1.807, 2.05) is 6.92 Å². The fourth-order valence-corrected chi connectivity index (χ4v) is 4.50. The lowest BCUT2D eigenvalue weighted by Crippen LogP contribution is -2.24. The smallest absolute Gasteiger partial charge is 0.305 e. The number of ether oxygens (including phenoxy) is 1. The predicted molar refractivity (Wildman–Crippen MR) is 79.5 cm³/mol. The van der Waals surface area contributed by atoms with Crippen LogP contribution in [-0.4, -0.2) is 27.8 Å². The quantitative estimate of drug-likeness (QED) is 0.507. The second-order valence-electron chi connectivity index (χ2n) is 5.59. The molecule has 1 saturated carbocycles. The first-order chi connectivity index (χ1) is 9.13. The van der Waals surface area contributed by atoms with Gasteiger partial charge in [-0.1, -0.05) is 26.2 Å². The fourth-order valence-electron chi connectivity index (χ4n) is 2.71. The van der Waals surface area contributed by atoms with Crippen LogP contribution >= 0.6 is 0 Å². The van der Waals surface area contributed by atoms with Gasteiger partial charge in [0.2, 0.25) is 0 Å². The van der Waals surface area contributed by atoms with Crippen molar-refractivity contribution in [3.05, 3.63) is 0 Å². The standard InChI is InChI=1S/C15H28O3S/c1-3-18-15(16)10-5-4-6-11-19(17)14-9-7-8-13(2)12-14/h13-14H,3-12H2,1-2H3. The molecule has 0 N–H and O–H groups in total.